The molecule has 1 aromatic heterocycles. The average molecular weight is 341 g/mol. The molecule has 1 aliphatic carbocycles. The zero-order valence-corrected chi connectivity index (χ0v) is 13.7. The molecule has 130 valence electrons. The molecule has 0 unspecified atom stereocenters. The summed E-state index contributed by atoms with van der Waals surface area (Å²) in [5, 5.41) is 5.48. The smallest absolute Gasteiger partial charge is 0.324 e. The highest BCUT2D eigenvalue weighted by Crippen LogP contribution is 2.35. The number of nitrogens with zero attached hydrogens (tertiary/aromatic N) is 2. The molecule has 2 aromatic rings. The molecule has 4 rings (SSSR count). The summed E-state index contributed by atoms with van der Waals surface area (Å²) in [5.41, 5.74) is 0.858. The Bertz CT molecular complexity index is 820. The third-order valence-corrected chi connectivity index (χ3v) is 4.91. The summed E-state index contributed by atoms with van der Waals surface area (Å²) in [5.74, 6) is -0.144. The van der Waals surface area contributed by atoms with Crippen LogP contribution in [-0.4, -0.2) is 44.8 Å². The number of anilines is 1. The zero-order valence-electron chi connectivity index (χ0n) is 13.7. The quantitative estimate of drug-likeness (QED) is 0.736. The van der Waals surface area contributed by atoms with E-state index in [1.165, 1.54) is 0 Å². The lowest BCUT2D eigenvalue weighted by molar-refractivity contribution is -0.131. The highest BCUT2D eigenvalue weighted by Gasteiger charge is 2.52. The van der Waals surface area contributed by atoms with E-state index >= 15 is 0 Å². The van der Waals surface area contributed by atoms with Crippen LogP contribution in [0.1, 0.15) is 32.1 Å². The van der Waals surface area contributed by atoms with Crippen LogP contribution in [0.3, 0.4) is 0 Å². The number of hydrogen-bond acceptors (Lipinski definition) is 4. The van der Waals surface area contributed by atoms with E-state index in [-0.39, 0.29) is 24.8 Å². The molecule has 0 bridgehead atoms. The number of imide groups is 1. The molecule has 1 saturated carbocycles. The fourth-order valence-electron chi connectivity index (χ4n) is 3.62. The van der Waals surface area contributed by atoms with Gasteiger partial charge in [0.15, 0.2) is 0 Å². The SMILES string of the molecule is O=C(CCN1C(=O)NC2(CCCC2)C1=O)Nc1nc2ccccc2[nH]1. The molecule has 1 aromatic carbocycles. The maximum absolute atomic E-state index is 12.5. The molecule has 2 aliphatic rings. The number of imidazole rings is 1. The molecule has 1 saturated heterocycles. The number of H-pyrrole nitrogens is 1. The van der Waals surface area contributed by atoms with E-state index in [0.29, 0.717) is 18.8 Å². The Hall–Kier alpha value is -2.90. The largest absolute Gasteiger partial charge is 0.325 e. The van der Waals surface area contributed by atoms with Crippen molar-refractivity contribution in [1.82, 2.24) is 20.2 Å². The number of carbonyl (C=O) groups excluding carboxylic acids is 3. The number of para-hydroxylation sites is 2. The van der Waals surface area contributed by atoms with Crippen LogP contribution >= 0.6 is 0 Å². The number of benzene rings is 1. The number of rotatable bonds is 4. The molecular formula is C17H19N5O3. The van der Waals surface area contributed by atoms with E-state index in [1.807, 2.05) is 24.3 Å². The van der Waals surface area contributed by atoms with Crippen molar-refractivity contribution >= 4 is 34.8 Å². The molecule has 0 radical (unpaired) electrons. The third kappa shape index (κ3) is 2.73. The molecule has 2 heterocycles. The van der Waals surface area contributed by atoms with Gasteiger partial charge in [-0.25, -0.2) is 9.78 Å². The first-order valence-corrected chi connectivity index (χ1v) is 8.46. The van der Waals surface area contributed by atoms with Gasteiger partial charge >= 0.3 is 6.03 Å². The second kappa shape index (κ2) is 5.87. The van der Waals surface area contributed by atoms with Crippen LogP contribution in [0.5, 0.6) is 0 Å². The Morgan fingerprint density at radius 1 is 1.24 bits per heavy atom. The Morgan fingerprint density at radius 3 is 2.76 bits per heavy atom. The molecule has 1 aliphatic heterocycles. The highest BCUT2D eigenvalue weighted by molar-refractivity contribution is 6.07. The van der Waals surface area contributed by atoms with Crippen molar-refractivity contribution in [2.75, 3.05) is 11.9 Å². The molecular weight excluding hydrogens is 322 g/mol. The lowest BCUT2D eigenvalue weighted by atomic mass is 9.98. The fourth-order valence-corrected chi connectivity index (χ4v) is 3.62. The van der Waals surface area contributed by atoms with Crippen molar-refractivity contribution < 1.29 is 14.4 Å². The molecule has 3 N–H and O–H groups in total. The molecule has 4 amide bonds. The van der Waals surface area contributed by atoms with Crippen LogP contribution < -0.4 is 10.6 Å². The van der Waals surface area contributed by atoms with Gasteiger partial charge in [-0.2, -0.15) is 0 Å². The second-order valence-electron chi connectivity index (χ2n) is 6.58. The van der Waals surface area contributed by atoms with Gasteiger partial charge in [0, 0.05) is 13.0 Å². The number of aromatic amines is 1. The van der Waals surface area contributed by atoms with Crippen molar-refractivity contribution in [2.45, 2.75) is 37.6 Å². The van der Waals surface area contributed by atoms with Gasteiger partial charge in [0.1, 0.15) is 5.54 Å². The first kappa shape index (κ1) is 15.6. The summed E-state index contributed by atoms with van der Waals surface area (Å²) in [6, 6.07) is 7.05. The van der Waals surface area contributed by atoms with Crippen molar-refractivity contribution in [3.8, 4) is 0 Å². The van der Waals surface area contributed by atoms with E-state index in [0.717, 1.165) is 28.8 Å². The summed E-state index contributed by atoms with van der Waals surface area (Å²) in [6.45, 7) is 0.0679. The Labute approximate surface area is 144 Å². The van der Waals surface area contributed by atoms with Gasteiger partial charge in [0.2, 0.25) is 11.9 Å². The normalized spacial score (nSPS) is 19.0. The van der Waals surface area contributed by atoms with E-state index in [1.54, 1.807) is 0 Å². The molecule has 25 heavy (non-hydrogen) atoms. The molecule has 0 atom stereocenters. The van der Waals surface area contributed by atoms with Crippen molar-refractivity contribution in [3.63, 3.8) is 0 Å². The van der Waals surface area contributed by atoms with Crippen LogP contribution in [-0.2, 0) is 9.59 Å². The number of fused-ring (bicyclic) bond motifs is 1. The summed E-state index contributed by atoms with van der Waals surface area (Å²) < 4.78 is 0. The average Bonchev–Trinajstić information content (AvgIpc) is 3.26. The predicted molar refractivity (Wildman–Crippen MR) is 90.8 cm³/mol. The van der Waals surface area contributed by atoms with Crippen LogP contribution in [0, 0.1) is 0 Å². The van der Waals surface area contributed by atoms with Gasteiger partial charge < -0.3 is 10.3 Å². The summed E-state index contributed by atoms with van der Waals surface area (Å²) in [6.07, 6.45) is 3.27. The third-order valence-electron chi connectivity index (χ3n) is 4.91. The van der Waals surface area contributed by atoms with E-state index < -0.39 is 11.6 Å². The predicted octanol–water partition coefficient (Wildman–Crippen LogP) is 1.76. The number of carbonyl (C=O) groups is 3. The van der Waals surface area contributed by atoms with Crippen molar-refractivity contribution in [3.05, 3.63) is 24.3 Å². The van der Waals surface area contributed by atoms with E-state index in [2.05, 4.69) is 20.6 Å². The minimum absolute atomic E-state index is 0.0340. The summed E-state index contributed by atoms with van der Waals surface area (Å²) in [4.78, 5) is 45.2. The molecule has 8 heteroatoms. The van der Waals surface area contributed by atoms with E-state index in [9.17, 15) is 14.4 Å². The van der Waals surface area contributed by atoms with Crippen molar-refractivity contribution in [2.24, 2.45) is 0 Å². The number of nitrogens with one attached hydrogen (secondary N) is 3. The standard InChI is InChI=1S/C17H19N5O3/c23-13(20-15-18-11-5-1-2-6-12(11)19-15)7-10-22-14(24)17(21-16(22)25)8-3-4-9-17/h1-2,5-6H,3-4,7-10H2,(H,21,25)(H2,18,19,20,23). The topological polar surface area (TPSA) is 107 Å². The van der Waals surface area contributed by atoms with Gasteiger partial charge in [0.25, 0.3) is 5.91 Å². The maximum atomic E-state index is 12.5. The zero-order chi connectivity index (χ0) is 17.4. The monoisotopic (exact) mass is 341 g/mol. The lowest BCUT2D eigenvalue weighted by Gasteiger charge is -2.19. The molecule has 8 nitrogen and oxygen atoms in total. The second-order valence-corrected chi connectivity index (χ2v) is 6.58. The van der Waals surface area contributed by atoms with Gasteiger partial charge in [-0.15, -0.1) is 0 Å². The first-order valence-electron chi connectivity index (χ1n) is 8.46. The van der Waals surface area contributed by atoms with Gasteiger partial charge in [0.05, 0.1) is 11.0 Å². The minimum Gasteiger partial charge on any atom is -0.324 e. The Balaban J connectivity index is 1.37. The Kier molecular flexibility index (Phi) is 3.67. The molecule has 2 fully saturated rings. The number of hydrogen-bond donors (Lipinski definition) is 3. The van der Waals surface area contributed by atoms with Crippen LogP contribution in [0.15, 0.2) is 24.3 Å². The number of aromatic nitrogens is 2. The van der Waals surface area contributed by atoms with Gasteiger partial charge in [-0.05, 0) is 25.0 Å². The minimum atomic E-state index is -0.730. The van der Waals surface area contributed by atoms with E-state index in [4.69, 9.17) is 0 Å². The highest BCUT2D eigenvalue weighted by atomic mass is 16.2. The summed E-state index contributed by atoms with van der Waals surface area (Å²) >= 11 is 0. The number of amides is 4. The fraction of sp³-hybridized carbons (Fsp3) is 0.412. The van der Waals surface area contributed by atoms with Gasteiger partial charge in [-0.3, -0.25) is 19.8 Å². The van der Waals surface area contributed by atoms with Gasteiger partial charge in [-0.1, -0.05) is 25.0 Å². The first-order chi connectivity index (χ1) is 12.1. The Morgan fingerprint density at radius 2 is 2.00 bits per heavy atom. The maximum Gasteiger partial charge on any atom is 0.325 e. The van der Waals surface area contributed by atoms with Crippen LogP contribution in [0.25, 0.3) is 11.0 Å². The summed E-state index contributed by atoms with van der Waals surface area (Å²) in [7, 11) is 0. The lowest BCUT2D eigenvalue weighted by Crippen LogP contribution is -2.44. The number of urea groups is 1. The van der Waals surface area contributed by atoms with Crippen molar-refractivity contribution in [1.29, 1.82) is 0 Å². The van der Waals surface area contributed by atoms with Crippen LogP contribution in [0.4, 0.5) is 10.7 Å². The van der Waals surface area contributed by atoms with Crippen LogP contribution in [0.2, 0.25) is 0 Å². The molecule has 1 spiro atoms.